The molecule has 0 radical (unpaired) electrons. The summed E-state index contributed by atoms with van der Waals surface area (Å²) in [6.07, 6.45) is -16.6. The van der Waals surface area contributed by atoms with Crippen LogP contribution in [0.5, 0.6) is 0 Å². The number of nitrogens with one attached hydrogen (secondary N) is 9. The first-order valence-electron chi connectivity index (χ1n) is 39.6. The van der Waals surface area contributed by atoms with Gasteiger partial charge in [-0.2, -0.15) is 0 Å². The van der Waals surface area contributed by atoms with Crippen molar-refractivity contribution in [2.75, 3.05) is 52.4 Å². The average Bonchev–Trinajstić information content (AvgIpc) is 0.885. The van der Waals surface area contributed by atoms with Gasteiger partial charge in [-0.3, -0.25) is 129 Å². The fourth-order valence-electron chi connectivity index (χ4n) is 12.1. The third-order valence-electron chi connectivity index (χ3n) is 19.1. The summed E-state index contributed by atoms with van der Waals surface area (Å²) in [5.74, 6) is -45.1. The molecule has 0 rings (SSSR count). The molecule has 10 unspecified atom stereocenters. The van der Waals surface area contributed by atoms with Gasteiger partial charge in [0.15, 0.2) is 52.0 Å². The molecule has 0 aromatic heterocycles. The zero-order valence-corrected chi connectivity index (χ0v) is 69.1. The third kappa shape index (κ3) is 52.7. The van der Waals surface area contributed by atoms with Gasteiger partial charge in [0.25, 0.3) is 0 Å². The second kappa shape index (κ2) is 60.9. The number of carbonyl (C=O) groups is 28. The monoisotopic (exact) mass is 1790 g/mol. The Morgan fingerprint density at radius 1 is 0.238 bits per heavy atom. The highest BCUT2D eigenvalue weighted by Gasteiger charge is 2.35. The van der Waals surface area contributed by atoms with E-state index in [9.17, 15) is 180 Å². The molecular formula is C79H109N9O38. The number of carboxylic acid groups (broad SMARTS) is 10. The fraction of sp³-hybridized carbons (Fsp3) is 0.595. The SMILES string of the molecule is C=CCC(NC(=O)C(CCC(=O)O)CC(=O)CNC(=O)C(CCC(=O)O)CC(=O)CNC(=O)C(CCC(=O)O)CC(=O)CNC(=O)C(CCC(=O)O)CC(=O)CNC(=O)C(CCC(=O)O)CC(=O)CNC(=O)C(CCC(=O)O)CC(=O)CNC(=O)C(CCC(=O)O)CC(=O)CNC(=O)C(CCC(=O)O)CC(=O)CNC(=O)C(CCC(=O)O)CC(=O)C(=C)C)C(=O)O. The van der Waals surface area contributed by atoms with E-state index in [1.807, 2.05) is 0 Å². The Labute approximate surface area is 718 Å². The van der Waals surface area contributed by atoms with Crippen LogP contribution in [0, 0.1) is 53.3 Å². The van der Waals surface area contributed by atoms with Gasteiger partial charge in [0.05, 0.1) is 52.4 Å². The largest absolute Gasteiger partial charge is 0.481 e. The van der Waals surface area contributed by atoms with Gasteiger partial charge in [-0.1, -0.05) is 12.7 Å². The number of ketones is 9. The van der Waals surface area contributed by atoms with E-state index in [1.54, 1.807) is 0 Å². The van der Waals surface area contributed by atoms with Crippen molar-refractivity contribution >= 4 is 165 Å². The van der Waals surface area contributed by atoms with Crippen molar-refractivity contribution in [3.05, 3.63) is 24.8 Å². The lowest BCUT2D eigenvalue weighted by Gasteiger charge is -2.20. The van der Waals surface area contributed by atoms with Crippen LogP contribution >= 0.6 is 0 Å². The maximum Gasteiger partial charge on any atom is 0.326 e. The number of carboxylic acids is 10. The highest BCUT2D eigenvalue weighted by atomic mass is 16.4. The molecule has 0 aliphatic carbocycles. The summed E-state index contributed by atoms with van der Waals surface area (Å²) in [6.45, 7) is 1.11. The minimum absolute atomic E-state index is 0.0733. The van der Waals surface area contributed by atoms with E-state index in [-0.39, 0.29) is 18.4 Å². The number of carbonyl (C=O) groups excluding carboxylic acids is 18. The molecule has 10 atom stereocenters. The molecule has 0 aliphatic heterocycles. The van der Waals surface area contributed by atoms with E-state index in [0.29, 0.717) is 0 Å². The molecular weight excluding hydrogens is 1680 g/mol. The third-order valence-corrected chi connectivity index (χ3v) is 19.1. The normalized spacial score (nSPS) is 13.2. The van der Waals surface area contributed by atoms with Crippen LogP contribution in [0.3, 0.4) is 0 Å². The van der Waals surface area contributed by atoms with E-state index in [4.69, 9.17) is 5.11 Å². The van der Waals surface area contributed by atoms with Crippen LogP contribution in [-0.2, 0) is 134 Å². The summed E-state index contributed by atoms with van der Waals surface area (Å²) >= 11 is 0. The second-order valence-electron chi connectivity index (χ2n) is 29.7. The van der Waals surface area contributed by atoms with Crippen LogP contribution in [0.2, 0.25) is 0 Å². The maximum absolute atomic E-state index is 13.5. The summed E-state index contributed by atoms with van der Waals surface area (Å²) in [7, 11) is 0. The van der Waals surface area contributed by atoms with Gasteiger partial charge in [0, 0.05) is 169 Å². The molecule has 126 heavy (non-hydrogen) atoms. The molecule has 0 aliphatic rings. The van der Waals surface area contributed by atoms with Gasteiger partial charge < -0.3 is 98.9 Å². The van der Waals surface area contributed by atoms with Crippen molar-refractivity contribution in [3.63, 3.8) is 0 Å². The molecule has 0 heterocycles. The molecule has 47 heteroatoms. The minimum Gasteiger partial charge on any atom is -0.481 e. The van der Waals surface area contributed by atoms with Gasteiger partial charge in [-0.05, 0) is 76.7 Å². The van der Waals surface area contributed by atoms with Crippen molar-refractivity contribution in [3.8, 4) is 0 Å². The van der Waals surface area contributed by atoms with Gasteiger partial charge in [0.2, 0.25) is 53.2 Å². The summed E-state index contributed by atoms with van der Waals surface area (Å²) in [6, 6.07) is -1.49. The van der Waals surface area contributed by atoms with E-state index < -0.39 is 444 Å². The molecule has 0 saturated heterocycles. The Morgan fingerprint density at radius 3 is 0.508 bits per heavy atom. The molecule has 0 spiro atoms. The number of allylic oxidation sites excluding steroid dienone is 1. The van der Waals surface area contributed by atoms with Crippen LogP contribution in [0.25, 0.3) is 0 Å². The number of aliphatic carboxylic acids is 10. The number of rotatable bonds is 75. The molecule has 0 bridgehead atoms. The molecule has 9 amide bonds. The van der Waals surface area contributed by atoms with Gasteiger partial charge >= 0.3 is 59.7 Å². The number of amides is 9. The molecule has 0 saturated carbocycles. The first-order chi connectivity index (χ1) is 58.9. The van der Waals surface area contributed by atoms with Crippen LogP contribution < -0.4 is 47.9 Å². The van der Waals surface area contributed by atoms with Crippen molar-refractivity contribution in [2.24, 2.45) is 53.3 Å². The van der Waals surface area contributed by atoms with Gasteiger partial charge in [0.1, 0.15) is 6.04 Å². The Bertz CT molecular complexity index is 4050. The number of hydrogen-bond acceptors (Lipinski definition) is 28. The lowest BCUT2D eigenvalue weighted by molar-refractivity contribution is -0.143. The summed E-state index contributed by atoms with van der Waals surface area (Å²) in [4.78, 5) is 353. The predicted octanol–water partition coefficient (Wildman–Crippen LogP) is -2.40. The predicted molar refractivity (Wildman–Crippen MR) is 423 cm³/mol. The van der Waals surface area contributed by atoms with E-state index in [2.05, 4.69) is 61.0 Å². The van der Waals surface area contributed by atoms with E-state index in [0.717, 1.165) is 0 Å². The van der Waals surface area contributed by atoms with Crippen molar-refractivity contribution in [1.82, 2.24) is 47.9 Å². The standard InChI is InChI=1S/C79H109N9O38/c1-4-5-59(79(125)126)88-78(124)49(13-22-68(112)113)31-58(96)40-86-76(122)47(11-20-66(108)109)29-56(94)38-84-74(120)45(9-18-64(104)105)27-54(92)36-82-72(118)43(7-16-62(100)101)25-52(90)34-80-70(116)42(6-15-61(98)99)24-51(89)33-81-71(117)44(8-17-63(102)103)26-53(91)35-83-73(119)46(10-19-65(106)107)28-55(93)37-85-75(121)48(12-21-67(110)111)30-57(95)39-87-77(123)50(14-23-69(114)115)32-60(97)41(2)3/h4,42-50,59H,1-2,5-40H2,3H3,(H,80,116)(H,81,117)(H,82,118)(H,83,119)(H,84,120)(H,85,121)(H,86,122)(H,87,123)(H,88,124)(H,98,99)(H,100,101)(H,102,103)(H,104,105)(H,106,107)(H,108,109)(H,110,111)(H,112,113)(H,114,115)(H,125,126). The quantitative estimate of drug-likeness (QED) is 0.0223. The highest BCUT2D eigenvalue weighted by Crippen LogP contribution is 2.23. The van der Waals surface area contributed by atoms with Crippen LogP contribution in [0.4, 0.5) is 0 Å². The Morgan fingerprint density at radius 2 is 0.381 bits per heavy atom. The smallest absolute Gasteiger partial charge is 0.326 e. The second-order valence-corrected chi connectivity index (χ2v) is 29.7. The first-order valence-corrected chi connectivity index (χ1v) is 39.6. The van der Waals surface area contributed by atoms with Crippen molar-refractivity contribution in [1.29, 1.82) is 0 Å². The minimum atomic E-state index is -1.57. The molecule has 47 nitrogen and oxygen atoms in total. The topological polar surface area (TPSA) is 789 Å². The zero-order valence-electron chi connectivity index (χ0n) is 69.1. The molecule has 698 valence electrons. The van der Waals surface area contributed by atoms with Crippen LogP contribution in [0.15, 0.2) is 24.8 Å². The van der Waals surface area contributed by atoms with Gasteiger partial charge in [-0.25, -0.2) is 4.79 Å². The molecule has 0 aromatic rings. The number of Topliss-reactive ketones (excluding diaryl/α,β-unsaturated/α-hetero) is 9. The Balaban J connectivity index is 6.12. The lowest BCUT2D eigenvalue weighted by Crippen LogP contribution is -2.44. The lowest BCUT2D eigenvalue weighted by atomic mass is 9.93. The fourth-order valence-corrected chi connectivity index (χ4v) is 12.1. The van der Waals surface area contributed by atoms with Crippen molar-refractivity contribution in [2.45, 2.75) is 193 Å². The summed E-state index contributed by atoms with van der Waals surface area (Å²) < 4.78 is 0. The molecule has 0 fully saturated rings. The maximum atomic E-state index is 13.5. The molecule has 19 N–H and O–H groups in total. The number of hydrogen-bond donors (Lipinski definition) is 19. The average molecular weight is 1790 g/mol. The van der Waals surface area contributed by atoms with Crippen LogP contribution in [0.1, 0.15) is 187 Å². The highest BCUT2D eigenvalue weighted by molar-refractivity contribution is 6.01. The van der Waals surface area contributed by atoms with E-state index >= 15 is 0 Å². The summed E-state index contributed by atoms with van der Waals surface area (Å²) in [5.41, 5.74) is 0.0733. The van der Waals surface area contributed by atoms with Crippen LogP contribution in [-0.4, -0.2) is 274 Å². The van der Waals surface area contributed by atoms with Gasteiger partial charge in [-0.15, -0.1) is 6.58 Å². The first kappa shape index (κ1) is 112. The molecule has 0 aromatic carbocycles. The van der Waals surface area contributed by atoms with Crippen molar-refractivity contribution < 1.29 is 185 Å². The zero-order chi connectivity index (χ0) is 96.0. The summed E-state index contributed by atoms with van der Waals surface area (Å²) in [5, 5.41) is 113. The Hall–Kier alpha value is -13.6. The Kier molecular flexibility index (Phi) is 54.3. The van der Waals surface area contributed by atoms with E-state index in [1.165, 1.54) is 13.0 Å².